The normalized spacial score (nSPS) is 14.7. The molecule has 17 heavy (non-hydrogen) atoms. The molecule has 1 aliphatic rings. The van der Waals surface area contributed by atoms with Crippen LogP contribution in [0.2, 0.25) is 0 Å². The van der Waals surface area contributed by atoms with Crippen LogP contribution in [0.15, 0.2) is 12.1 Å². The second kappa shape index (κ2) is 5.35. The fraction of sp³-hybridized carbons (Fsp3) is 0.462. The summed E-state index contributed by atoms with van der Waals surface area (Å²) in [6, 6.07) is 4.05. The van der Waals surface area contributed by atoms with E-state index in [1.165, 1.54) is 17.8 Å². The molecule has 1 N–H and O–H groups in total. The second-order valence-electron chi connectivity index (χ2n) is 4.12. The predicted octanol–water partition coefficient (Wildman–Crippen LogP) is 1.72. The number of nitrogens with zero attached hydrogens (tertiary/aromatic N) is 1. The van der Waals surface area contributed by atoms with Gasteiger partial charge in [-0.25, -0.2) is 0 Å². The van der Waals surface area contributed by atoms with E-state index in [4.69, 9.17) is 5.11 Å². The van der Waals surface area contributed by atoms with E-state index in [9.17, 15) is 4.79 Å². The predicted molar refractivity (Wildman–Crippen MR) is 68.0 cm³/mol. The van der Waals surface area contributed by atoms with Gasteiger partial charge in [0, 0.05) is 13.1 Å². The minimum absolute atomic E-state index is 0.0803. The molecule has 0 atom stereocenters. The Hall–Kier alpha value is -1.31. The van der Waals surface area contributed by atoms with Crippen LogP contribution in [0.1, 0.15) is 33.8 Å². The van der Waals surface area contributed by atoms with Crippen molar-refractivity contribution in [3.05, 3.63) is 21.9 Å². The summed E-state index contributed by atoms with van der Waals surface area (Å²) in [7, 11) is 1.87. The first-order valence-electron chi connectivity index (χ1n) is 5.69. The van der Waals surface area contributed by atoms with Gasteiger partial charge >= 0.3 is 0 Å². The summed E-state index contributed by atoms with van der Waals surface area (Å²) in [5, 5.41) is 8.60. The van der Waals surface area contributed by atoms with Gasteiger partial charge in [0.05, 0.1) is 9.75 Å². The first-order chi connectivity index (χ1) is 8.22. The quantitative estimate of drug-likeness (QED) is 0.811. The van der Waals surface area contributed by atoms with Crippen molar-refractivity contribution in [2.75, 3.05) is 13.7 Å². The van der Waals surface area contributed by atoms with Crippen molar-refractivity contribution in [1.82, 2.24) is 4.90 Å². The van der Waals surface area contributed by atoms with Gasteiger partial charge in [-0.3, -0.25) is 4.79 Å². The third-order valence-corrected chi connectivity index (χ3v) is 4.04. The molecule has 1 aliphatic carbocycles. The van der Waals surface area contributed by atoms with Gasteiger partial charge in [-0.1, -0.05) is 11.8 Å². The van der Waals surface area contributed by atoms with Crippen molar-refractivity contribution in [3.63, 3.8) is 0 Å². The summed E-state index contributed by atoms with van der Waals surface area (Å²) in [6.07, 6.45) is 3.45. The van der Waals surface area contributed by atoms with E-state index in [1.807, 2.05) is 24.1 Å². The Morgan fingerprint density at radius 1 is 1.59 bits per heavy atom. The zero-order valence-corrected chi connectivity index (χ0v) is 10.6. The molecule has 1 amide bonds. The molecule has 90 valence electrons. The lowest BCUT2D eigenvalue weighted by Crippen LogP contribution is -2.40. The van der Waals surface area contributed by atoms with Crippen LogP contribution in [0, 0.1) is 11.8 Å². The summed E-state index contributed by atoms with van der Waals surface area (Å²) in [6.45, 7) is -0.150. The zero-order valence-electron chi connectivity index (χ0n) is 9.77. The number of hydrogen-bond donors (Lipinski definition) is 1. The van der Waals surface area contributed by atoms with Crippen molar-refractivity contribution >= 4 is 17.2 Å². The molecule has 1 aromatic heterocycles. The maximum atomic E-state index is 12.1. The standard InChI is InChI=1S/C13H15NO2S/c1-14(10-4-2-5-10)13(16)12-8-7-11(17-12)6-3-9-15/h7-8,10,15H,2,4-5,9H2,1H3. The molecular formula is C13H15NO2S. The highest BCUT2D eigenvalue weighted by molar-refractivity contribution is 7.14. The van der Waals surface area contributed by atoms with Crippen molar-refractivity contribution < 1.29 is 9.90 Å². The van der Waals surface area contributed by atoms with Crippen LogP contribution in [-0.2, 0) is 0 Å². The number of amides is 1. The van der Waals surface area contributed by atoms with Crippen LogP contribution >= 0.6 is 11.3 Å². The molecule has 0 spiro atoms. The van der Waals surface area contributed by atoms with E-state index >= 15 is 0 Å². The highest BCUT2D eigenvalue weighted by atomic mass is 32.1. The highest BCUT2D eigenvalue weighted by Gasteiger charge is 2.26. The number of carbonyl (C=O) groups excluding carboxylic acids is 1. The number of aliphatic hydroxyl groups is 1. The molecule has 0 aromatic carbocycles. The Labute approximate surface area is 105 Å². The lowest BCUT2D eigenvalue weighted by atomic mass is 9.92. The highest BCUT2D eigenvalue weighted by Crippen LogP contribution is 2.26. The lowest BCUT2D eigenvalue weighted by Gasteiger charge is -2.34. The molecule has 0 radical (unpaired) electrons. The molecule has 1 aromatic rings. The third-order valence-electron chi connectivity index (χ3n) is 3.05. The molecule has 0 unspecified atom stereocenters. The van der Waals surface area contributed by atoms with E-state index in [2.05, 4.69) is 11.8 Å². The van der Waals surface area contributed by atoms with E-state index in [-0.39, 0.29) is 12.5 Å². The van der Waals surface area contributed by atoms with Gasteiger partial charge in [0.1, 0.15) is 6.61 Å². The summed E-state index contributed by atoms with van der Waals surface area (Å²) < 4.78 is 0. The summed E-state index contributed by atoms with van der Waals surface area (Å²) in [5.74, 6) is 5.48. The molecule has 4 heteroatoms. The first kappa shape index (κ1) is 12.2. The van der Waals surface area contributed by atoms with Gasteiger partial charge in [-0.05, 0) is 31.4 Å². The third kappa shape index (κ3) is 2.68. The maximum Gasteiger partial charge on any atom is 0.263 e. The van der Waals surface area contributed by atoms with E-state index in [0.717, 1.165) is 22.6 Å². The minimum Gasteiger partial charge on any atom is -0.384 e. The van der Waals surface area contributed by atoms with Crippen LogP contribution in [0.5, 0.6) is 0 Å². The SMILES string of the molecule is CN(C(=O)c1ccc(C#CCO)s1)C1CCC1. The summed E-state index contributed by atoms with van der Waals surface area (Å²) in [5.41, 5.74) is 0. The zero-order chi connectivity index (χ0) is 12.3. The topological polar surface area (TPSA) is 40.5 Å². The fourth-order valence-corrected chi connectivity index (χ4v) is 2.62. The monoisotopic (exact) mass is 249 g/mol. The molecule has 0 aliphatic heterocycles. The Balaban J connectivity index is 2.05. The number of carbonyl (C=O) groups is 1. The average Bonchev–Trinajstić information content (AvgIpc) is 2.71. The number of hydrogen-bond acceptors (Lipinski definition) is 3. The maximum absolute atomic E-state index is 12.1. The molecule has 2 rings (SSSR count). The Kier molecular flexibility index (Phi) is 3.82. The van der Waals surface area contributed by atoms with Crippen molar-refractivity contribution in [2.24, 2.45) is 0 Å². The van der Waals surface area contributed by atoms with Crippen LogP contribution in [-0.4, -0.2) is 35.6 Å². The molecule has 1 saturated carbocycles. The smallest absolute Gasteiger partial charge is 0.263 e. The van der Waals surface area contributed by atoms with E-state index < -0.39 is 0 Å². The minimum atomic E-state index is -0.150. The van der Waals surface area contributed by atoms with Gasteiger partial charge in [0.15, 0.2) is 0 Å². The van der Waals surface area contributed by atoms with Gasteiger partial charge in [-0.2, -0.15) is 0 Å². The van der Waals surface area contributed by atoms with Crippen molar-refractivity contribution in [1.29, 1.82) is 0 Å². The van der Waals surface area contributed by atoms with Crippen LogP contribution in [0.4, 0.5) is 0 Å². The molecule has 0 saturated heterocycles. The molecular weight excluding hydrogens is 234 g/mol. The van der Waals surface area contributed by atoms with Crippen molar-refractivity contribution in [3.8, 4) is 11.8 Å². The van der Waals surface area contributed by atoms with Crippen LogP contribution in [0.25, 0.3) is 0 Å². The van der Waals surface area contributed by atoms with E-state index in [0.29, 0.717) is 6.04 Å². The lowest BCUT2D eigenvalue weighted by molar-refractivity contribution is 0.0657. The largest absolute Gasteiger partial charge is 0.384 e. The van der Waals surface area contributed by atoms with Crippen LogP contribution < -0.4 is 0 Å². The number of aliphatic hydroxyl groups excluding tert-OH is 1. The Bertz CT molecular complexity index is 465. The summed E-state index contributed by atoms with van der Waals surface area (Å²) >= 11 is 1.39. The molecule has 3 nitrogen and oxygen atoms in total. The number of rotatable bonds is 2. The Morgan fingerprint density at radius 3 is 2.94 bits per heavy atom. The molecule has 1 heterocycles. The van der Waals surface area contributed by atoms with E-state index in [1.54, 1.807) is 0 Å². The van der Waals surface area contributed by atoms with Gasteiger partial charge < -0.3 is 10.0 Å². The van der Waals surface area contributed by atoms with Gasteiger partial charge in [0.25, 0.3) is 5.91 Å². The van der Waals surface area contributed by atoms with Crippen LogP contribution in [0.3, 0.4) is 0 Å². The fourth-order valence-electron chi connectivity index (χ4n) is 1.76. The average molecular weight is 249 g/mol. The molecule has 1 fully saturated rings. The first-order valence-corrected chi connectivity index (χ1v) is 6.50. The van der Waals surface area contributed by atoms with Gasteiger partial charge in [-0.15, -0.1) is 11.3 Å². The number of thiophene rings is 1. The Morgan fingerprint density at radius 2 is 2.35 bits per heavy atom. The summed E-state index contributed by atoms with van der Waals surface area (Å²) in [4.78, 5) is 15.5. The van der Waals surface area contributed by atoms with Crippen molar-refractivity contribution in [2.45, 2.75) is 25.3 Å². The van der Waals surface area contributed by atoms with Gasteiger partial charge in [0.2, 0.25) is 0 Å². The second-order valence-corrected chi connectivity index (χ2v) is 5.21. The molecule has 0 bridgehead atoms.